The normalized spacial score (nSPS) is 20.4. The summed E-state index contributed by atoms with van der Waals surface area (Å²) in [7, 11) is -0.310. The van der Waals surface area contributed by atoms with E-state index in [1.54, 1.807) is 24.1 Å². The maximum Gasteiger partial charge on any atom is 0.266 e. The molecule has 86 valence electrons. The lowest BCUT2D eigenvalue weighted by Crippen LogP contribution is -2.46. The highest BCUT2D eigenvalue weighted by Gasteiger charge is 2.30. The summed E-state index contributed by atoms with van der Waals surface area (Å²) in [6, 6.07) is 4.72. The Balaban J connectivity index is 2.73. The molecule has 1 N–H and O–H groups in total. The van der Waals surface area contributed by atoms with E-state index < -0.39 is 10.0 Å². The van der Waals surface area contributed by atoms with Crippen molar-refractivity contribution in [2.75, 3.05) is 19.0 Å². The molecule has 0 bridgehead atoms. The number of sulfonamides is 1. The lowest BCUT2D eigenvalue weighted by Gasteiger charge is -2.29. The van der Waals surface area contributed by atoms with Gasteiger partial charge in [-0.3, -0.25) is 4.99 Å². The third-order valence-electron chi connectivity index (χ3n) is 2.33. The van der Waals surface area contributed by atoms with Gasteiger partial charge in [0, 0.05) is 19.1 Å². The first-order valence-corrected chi connectivity index (χ1v) is 6.34. The molecular weight excluding hydrogens is 250 g/mol. The number of benzene rings is 1. The maximum atomic E-state index is 11.9. The van der Waals surface area contributed by atoms with Gasteiger partial charge >= 0.3 is 0 Å². The number of rotatable bonds is 0. The summed E-state index contributed by atoms with van der Waals surface area (Å²) < 4.78 is 26.1. The average Bonchev–Trinajstić information content (AvgIpc) is 2.23. The fourth-order valence-electron chi connectivity index (χ4n) is 1.53. The minimum Gasteiger partial charge on any atom is -0.314 e. The van der Waals surface area contributed by atoms with E-state index in [9.17, 15) is 8.42 Å². The molecular formula is C9H10ClN3O2S. The summed E-state index contributed by atoms with van der Waals surface area (Å²) in [5, 5.41) is 0.384. The van der Waals surface area contributed by atoms with Crippen LogP contribution >= 0.6 is 11.6 Å². The van der Waals surface area contributed by atoms with Gasteiger partial charge in [0.15, 0.2) is 0 Å². The number of hydrogen-bond donors (Lipinski definition) is 1. The van der Waals surface area contributed by atoms with Crippen molar-refractivity contribution < 1.29 is 8.42 Å². The van der Waals surface area contributed by atoms with Crippen molar-refractivity contribution >= 4 is 33.3 Å². The summed E-state index contributed by atoms with van der Waals surface area (Å²) in [6.45, 7) is 0. The van der Waals surface area contributed by atoms with Crippen molar-refractivity contribution in [2.45, 2.75) is 4.90 Å². The number of nitrogens with one attached hydrogen (secondary N) is 1. The van der Waals surface area contributed by atoms with Crippen molar-refractivity contribution in [3.05, 3.63) is 23.2 Å². The molecule has 0 unspecified atom stereocenters. The highest BCUT2D eigenvalue weighted by Crippen LogP contribution is 2.30. The highest BCUT2D eigenvalue weighted by atomic mass is 35.5. The number of guanidine groups is 1. The van der Waals surface area contributed by atoms with Gasteiger partial charge in [0.25, 0.3) is 10.0 Å². The average molecular weight is 260 g/mol. The molecule has 0 spiro atoms. The largest absolute Gasteiger partial charge is 0.314 e. The second kappa shape index (κ2) is 3.64. The predicted molar refractivity (Wildman–Crippen MR) is 63.5 cm³/mol. The van der Waals surface area contributed by atoms with Gasteiger partial charge in [-0.15, -0.1) is 0 Å². The zero-order chi connectivity index (χ0) is 11.9. The van der Waals surface area contributed by atoms with Gasteiger partial charge < -0.3 is 4.90 Å². The second-order valence-electron chi connectivity index (χ2n) is 3.32. The van der Waals surface area contributed by atoms with Crippen LogP contribution in [0, 0.1) is 0 Å². The van der Waals surface area contributed by atoms with Gasteiger partial charge in [-0.1, -0.05) is 11.6 Å². The number of fused-ring (bicyclic) bond motifs is 1. The molecule has 1 aromatic rings. The standard InChI is InChI=1S/C9H10ClN3O2S/c1-11-9-12-16(14,15)8-5-6(10)3-4-7(8)13(9)2/h3-5H,1-2H3,(H,11,12). The van der Waals surface area contributed by atoms with Crippen molar-refractivity contribution in [3.63, 3.8) is 0 Å². The first-order valence-electron chi connectivity index (χ1n) is 4.48. The molecule has 0 amide bonds. The fourth-order valence-corrected chi connectivity index (χ4v) is 3.11. The second-order valence-corrected chi connectivity index (χ2v) is 5.41. The lowest BCUT2D eigenvalue weighted by atomic mass is 10.3. The molecule has 0 fully saturated rings. The topological polar surface area (TPSA) is 61.8 Å². The summed E-state index contributed by atoms with van der Waals surface area (Å²) in [5.74, 6) is 0.287. The molecule has 1 aromatic carbocycles. The van der Waals surface area contributed by atoms with Gasteiger partial charge in [-0.05, 0) is 18.2 Å². The zero-order valence-corrected chi connectivity index (χ0v) is 10.3. The molecule has 0 radical (unpaired) electrons. The predicted octanol–water partition coefficient (Wildman–Crippen LogP) is 1.05. The van der Waals surface area contributed by atoms with E-state index in [1.165, 1.54) is 13.1 Å². The summed E-state index contributed by atoms with van der Waals surface area (Å²) >= 11 is 5.78. The van der Waals surface area contributed by atoms with Crippen LogP contribution in [0.4, 0.5) is 5.69 Å². The summed E-state index contributed by atoms with van der Waals surface area (Å²) in [4.78, 5) is 5.69. The molecule has 1 heterocycles. The van der Waals surface area contributed by atoms with Crippen molar-refractivity contribution in [1.82, 2.24) is 4.72 Å². The first kappa shape index (κ1) is 11.2. The van der Waals surface area contributed by atoms with Crippen LogP contribution in [0.1, 0.15) is 0 Å². The number of hydrogen-bond acceptors (Lipinski definition) is 3. The summed E-state index contributed by atoms with van der Waals surface area (Å²) in [6.07, 6.45) is 0. The van der Waals surface area contributed by atoms with Crippen LogP contribution in [0.15, 0.2) is 28.1 Å². The third-order valence-corrected chi connectivity index (χ3v) is 3.92. The highest BCUT2D eigenvalue weighted by molar-refractivity contribution is 7.90. The molecule has 1 aliphatic heterocycles. The Hall–Kier alpha value is -1.27. The Kier molecular flexibility index (Phi) is 2.55. The Morgan fingerprint density at radius 3 is 2.75 bits per heavy atom. The monoisotopic (exact) mass is 259 g/mol. The molecule has 0 atom stereocenters. The van der Waals surface area contributed by atoms with Crippen LogP contribution in [0.3, 0.4) is 0 Å². The van der Waals surface area contributed by atoms with E-state index in [0.717, 1.165) is 0 Å². The van der Waals surface area contributed by atoms with Gasteiger partial charge in [-0.25, -0.2) is 13.1 Å². The minimum absolute atomic E-state index is 0.162. The molecule has 7 heteroatoms. The Morgan fingerprint density at radius 1 is 1.44 bits per heavy atom. The van der Waals surface area contributed by atoms with Crippen LogP contribution < -0.4 is 9.62 Å². The van der Waals surface area contributed by atoms with Crippen LogP contribution in [0.25, 0.3) is 0 Å². The van der Waals surface area contributed by atoms with Gasteiger partial charge in [0.2, 0.25) is 5.96 Å². The molecule has 1 aliphatic rings. The van der Waals surface area contributed by atoms with Crippen molar-refractivity contribution in [2.24, 2.45) is 4.99 Å². The van der Waals surface area contributed by atoms with Crippen LogP contribution in [0.2, 0.25) is 5.02 Å². The van der Waals surface area contributed by atoms with E-state index in [2.05, 4.69) is 9.71 Å². The molecule has 0 aliphatic carbocycles. The molecule has 2 rings (SSSR count). The molecule has 0 saturated carbocycles. The molecule has 5 nitrogen and oxygen atoms in total. The smallest absolute Gasteiger partial charge is 0.266 e. The van der Waals surface area contributed by atoms with Gasteiger partial charge in [0.1, 0.15) is 4.90 Å². The van der Waals surface area contributed by atoms with Crippen LogP contribution in [-0.2, 0) is 10.0 Å². The van der Waals surface area contributed by atoms with E-state index in [4.69, 9.17) is 11.6 Å². The van der Waals surface area contributed by atoms with Crippen LogP contribution in [-0.4, -0.2) is 28.5 Å². The Morgan fingerprint density at radius 2 is 2.12 bits per heavy atom. The number of nitrogens with zero attached hydrogens (tertiary/aromatic N) is 2. The van der Waals surface area contributed by atoms with E-state index in [1.807, 2.05) is 0 Å². The SMILES string of the molecule is CN=C1NS(=O)(=O)c2cc(Cl)ccc2N1C. The first-order chi connectivity index (χ1) is 7.45. The van der Waals surface area contributed by atoms with Crippen molar-refractivity contribution in [1.29, 1.82) is 0 Å². The Bertz CT molecular complexity index is 568. The van der Waals surface area contributed by atoms with E-state index in [-0.39, 0.29) is 10.9 Å². The number of aliphatic imine (C=N–C) groups is 1. The van der Waals surface area contributed by atoms with E-state index in [0.29, 0.717) is 10.7 Å². The van der Waals surface area contributed by atoms with Gasteiger partial charge in [-0.2, -0.15) is 0 Å². The maximum absolute atomic E-state index is 11.9. The lowest BCUT2D eigenvalue weighted by molar-refractivity contribution is 0.590. The third kappa shape index (κ3) is 1.64. The fraction of sp³-hybridized carbons (Fsp3) is 0.222. The van der Waals surface area contributed by atoms with Gasteiger partial charge in [0.05, 0.1) is 5.69 Å². The molecule has 0 saturated heterocycles. The van der Waals surface area contributed by atoms with Crippen molar-refractivity contribution in [3.8, 4) is 0 Å². The number of halogens is 1. The quantitative estimate of drug-likeness (QED) is 0.758. The molecule has 16 heavy (non-hydrogen) atoms. The summed E-state index contributed by atoms with van der Waals surface area (Å²) in [5.41, 5.74) is 0.559. The minimum atomic E-state index is -3.57. The molecule has 0 aromatic heterocycles. The Labute approximate surface area is 98.8 Å². The van der Waals surface area contributed by atoms with E-state index >= 15 is 0 Å². The zero-order valence-electron chi connectivity index (χ0n) is 8.73. The van der Waals surface area contributed by atoms with Crippen LogP contribution in [0.5, 0.6) is 0 Å². The number of anilines is 1.